The number of fused-ring (bicyclic) bond motifs is 1. The van der Waals surface area contributed by atoms with E-state index in [-0.39, 0.29) is 0 Å². The smallest absolute Gasteiger partial charge is 0.150 e. The monoisotopic (exact) mass is 634 g/mol. The zero-order valence-electron chi connectivity index (χ0n) is 32.0. The largest absolute Gasteiger partial charge is 0.328 e. The van der Waals surface area contributed by atoms with Gasteiger partial charge in [0.25, 0.3) is 0 Å². The third-order valence-electron chi connectivity index (χ3n) is 6.90. The van der Waals surface area contributed by atoms with E-state index in [1.54, 1.807) is 6.07 Å². The Morgan fingerprint density at radius 3 is 1.82 bits per heavy atom. The molecule has 0 spiro atoms. The van der Waals surface area contributed by atoms with Crippen LogP contribution in [0, 0.1) is 11.8 Å². The molecule has 45 heavy (non-hydrogen) atoms. The molecule has 0 aliphatic heterocycles. The van der Waals surface area contributed by atoms with Crippen LogP contribution in [0.2, 0.25) is 0 Å². The Morgan fingerprint density at radius 2 is 1.40 bits per heavy atom. The molecular weight excluding hydrogens is 558 g/mol. The maximum Gasteiger partial charge on any atom is 0.150 e. The minimum atomic E-state index is 0.476. The average Bonchev–Trinajstić information content (AvgIpc) is 3.37. The number of carbonyl (C=O) groups excluding carboxylic acids is 2. The number of benzene rings is 1. The highest BCUT2D eigenvalue weighted by molar-refractivity contribution is 5.85. The van der Waals surface area contributed by atoms with Crippen molar-refractivity contribution in [2.45, 2.75) is 127 Å². The van der Waals surface area contributed by atoms with Crippen LogP contribution >= 0.6 is 0 Å². The number of unbranched alkanes of at least 4 members (excludes halogenated alkanes) is 3. The fraction of sp³-hybridized carbons (Fsp3) is 0.763. The number of aromatic nitrogens is 2. The first-order valence-corrected chi connectivity index (χ1v) is 17.8. The van der Waals surface area contributed by atoms with Crippen LogP contribution in [0.1, 0.15) is 130 Å². The summed E-state index contributed by atoms with van der Waals surface area (Å²) in [5.74, 6) is 2.58. The number of hydrogen-bond donors (Lipinski definition) is 1. The van der Waals surface area contributed by atoms with Gasteiger partial charge in [0.1, 0.15) is 18.4 Å². The van der Waals surface area contributed by atoms with Gasteiger partial charge in [-0.1, -0.05) is 81.1 Å². The molecule has 1 heterocycles. The summed E-state index contributed by atoms with van der Waals surface area (Å²) in [5, 5.41) is 2.75. The number of hydrogen-bond acceptors (Lipinski definition) is 6. The van der Waals surface area contributed by atoms with E-state index in [4.69, 9.17) is 0 Å². The van der Waals surface area contributed by atoms with Crippen LogP contribution in [0.25, 0.3) is 11.0 Å². The topological polar surface area (TPSA) is 70.5 Å². The summed E-state index contributed by atoms with van der Waals surface area (Å²) in [5.41, 5.74) is 2.48. The third-order valence-corrected chi connectivity index (χ3v) is 6.90. The Labute approximate surface area is 279 Å². The minimum Gasteiger partial charge on any atom is -0.328 e. The van der Waals surface area contributed by atoms with Crippen molar-refractivity contribution in [3.63, 3.8) is 0 Å². The summed E-state index contributed by atoms with van der Waals surface area (Å²) < 4.78 is 2.05. The molecule has 0 amide bonds. The summed E-state index contributed by atoms with van der Waals surface area (Å²) in [6.07, 6.45) is 12.3. The lowest BCUT2D eigenvalue weighted by atomic mass is 10.1. The van der Waals surface area contributed by atoms with Crippen LogP contribution in [0.3, 0.4) is 0 Å². The van der Waals surface area contributed by atoms with Gasteiger partial charge in [0.2, 0.25) is 0 Å². The molecule has 2 rings (SSSR count). The first-order valence-electron chi connectivity index (χ1n) is 17.8. The Bertz CT molecular complexity index is 912. The van der Waals surface area contributed by atoms with Gasteiger partial charge in [-0.3, -0.25) is 4.79 Å². The second-order valence-electron chi connectivity index (χ2n) is 12.7. The summed E-state index contributed by atoms with van der Waals surface area (Å²) in [6, 6.07) is 5.44. The quantitative estimate of drug-likeness (QED) is 0.139. The van der Waals surface area contributed by atoms with Gasteiger partial charge in [-0.05, 0) is 111 Å². The van der Waals surface area contributed by atoms with Crippen molar-refractivity contribution in [2.24, 2.45) is 11.8 Å². The Balaban J connectivity index is -0.000000558. The zero-order valence-corrected chi connectivity index (χ0v) is 32.0. The molecule has 7 heteroatoms. The number of rotatable bonds is 17. The van der Waals surface area contributed by atoms with Gasteiger partial charge < -0.3 is 24.5 Å². The average molecular weight is 634 g/mol. The number of aryl methyl sites for hydroxylation is 2. The van der Waals surface area contributed by atoms with Crippen molar-refractivity contribution in [3.8, 4) is 0 Å². The molecule has 7 nitrogen and oxygen atoms in total. The molecule has 0 aliphatic carbocycles. The van der Waals surface area contributed by atoms with Gasteiger partial charge in [0.05, 0.1) is 11.0 Å². The van der Waals surface area contributed by atoms with Crippen molar-refractivity contribution in [1.82, 2.24) is 24.7 Å². The van der Waals surface area contributed by atoms with Crippen molar-refractivity contribution in [2.75, 3.05) is 54.4 Å². The molecule has 0 bridgehead atoms. The van der Waals surface area contributed by atoms with Gasteiger partial charge in [0, 0.05) is 24.9 Å². The van der Waals surface area contributed by atoms with E-state index in [1.807, 2.05) is 37.7 Å². The number of nitrogens with zero attached hydrogens (tertiary/aromatic N) is 4. The molecule has 1 aromatic carbocycles. The molecule has 0 saturated carbocycles. The fourth-order valence-corrected chi connectivity index (χ4v) is 4.03. The van der Waals surface area contributed by atoms with Crippen LogP contribution in [0.5, 0.6) is 0 Å². The van der Waals surface area contributed by atoms with Crippen LogP contribution in [-0.2, 0) is 17.8 Å². The van der Waals surface area contributed by atoms with E-state index in [9.17, 15) is 9.59 Å². The summed E-state index contributed by atoms with van der Waals surface area (Å²) in [4.78, 5) is 30.5. The molecule has 1 N–H and O–H groups in total. The highest BCUT2D eigenvalue weighted by Gasteiger charge is 2.09. The summed E-state index contributed by atoms with van der Waals surface area (Å²) >= 11 is 0. The van der Waals surface area contributed by atoms with E-state index in [0.29, 0.717) is 18.4 Å². The lowest BCUT2D eigenvalue weighted by molar-refractivity contribution is -0.107. The molecule has 2 aromatic rings. The van der Waals surface area contributed by atoms with Crippen LogP contribution in [-0.4, -0.2) is 86.3 Å². The first kappa shape index (κ1) is 47.3. The highest BCUT2D eigenvalue weighted by Crippen LogP contribution is 2.18. The fourth-order valence-electron chi connectivity index (χ4n) is 4.03. The van der Waals surface area contributed by atoms with Gasteiger partial charge in [-0.15, -0.1) is 0 Å². The van der Waals surface area contributed by atoms with E-state index in [1.165, 1.54) is 71.1 Å². The Hall–Kier alpha value is -2.09. The molecule has 0 unspecified atom stereocenters. The van der Waals surface area contributed by atoms with Crippen molar-refractivity contribution >= 4 is 23.6 Å². The lowest BCUT2D eigenvalue weighted by Crippen LogP contribution is -2.23. The highest BCUT2D eigenvalue weighted by atomic mass is 16.1. The van der Waals surface area contributed by atoms with Gasteiger partial charge in [-0.25, -0.2) is 4.98 Å². The number of aldehydes is 2. The Morgan fingerprint density at radius 1 is 0.844 bits per heavy atom. The molecule has 1 aromatic heterocycles. The second-order valence-corrected chi connectivity index (χ2v) is 12.7. The van der Waals surface area contributed by atoms with E-state index < -0.39 is 0 Å². The third kappa shape index (κ3) is 27.9. The molecule has 0 aliphatic rings. The molecule has 0 radical (unpaired) electrons. The van der Waals surface area contributed by atoms with Crippen molar-refractivity contribution in [1.29, 1.82) is 0 Å². The SMILES string of the molecule is CC(C)CCN(C)CCC(C)C.CCC.CCCCCCN(C)CC.CCn1c(CCC=O)nc2ccc(C=O)cc21.CNC. The number of nitrogens with one attached hydrogen (secondary N) is 1. The van der Waals surface area contributed by atoms with Crippen LogP contribution in [0.4, 0.5) is 0 Å². The lowest BCUT2D eigenvalue weighted by Gasteiger charge is -2.18. The summed E-state index contributed by atoms with van der Waals surface area (Å²) in [7, 11) is 8.16. The van der Waals surface area contributed by atoms with Gasteiger partial charge >= 0.3 is 0 Å². The molecule has 264 valence electrons. The van der Waals surface area contributed by atoms with Gasteiger partial charge in [0.15, 0.2) is 0 Å². The van der Waals surface area contributed by atoms with Crippen LogP contribution < -0.4 is 5.32 Å². The second kappa shape index (κ2) is 33.3. The van der Waals surface area contributed by atoms with Crippen LogP contribution in [0.15, 0.2) is 18.2 Å². The van der Waals surface area contributed by atoms with E-state index in [2.05, 4.69) is 89.6 Å². The van der Waals surface area contributed by atoms with E-state index in [0.717, 1.165) is 47.8 Å². The predicted molar refractivity (Wildman–Crippen MR) is 200 cm³/mol. The zero-order chi connectivity index (χ0) is 35.0. The summed E-state index contributed by atoms with van der Waals surface area (Å²) in [6.45, 7) is 25.6. The molecule has 0 saturated heterocycles. The van der Waals surface area contributed by atoms with Gasteiger partial charge in [-0.2, -0.15) is 0 Å². The molecule has 0 atom stereocenters. The standard InChI is InChI=1S/C13H14N2O2.C11H25N.C9H21N.C3H8.C2H7N/c1-2-15-12-8-10(9-17)5-6-11(12)14-13(15)4-3-7-16;1-10(2)6-8-12(5)9-7-11(3)4;1-4-6-7-8-9-10(3)5-2;2*1-3-2/h5-9H,2-4H2,1H3;10-11H,6-9H2,1-5H3;4-9H2,1-3H3;3H2,1-2H3;3H,1-2H3. The van der Waals surface area contributed by atoms with Crippen molar-refractivity contribution < 1.29 is 9.59 Å². The number of carbonyl (C=O) groups is 2. The molecule has 0 fully saturated rings. The minimum absolute atomic E-state index is 0.476. The maximum absolute atomic E-state index is 10.8. The van der Waals surface area contributed by atoms with E-state index >= 15 is 0 Å². The Kier molecular flexibility index (Phi) is 35.0. The maximum atomic E-state index is 10.8. The molecular formula is C38H75N5O2. The van der Waals surface area contributed by atoms with Crippen molar-refractivity contribution in [3.05, 3.63) is 29.6 Å². The normalized spacial score (nSPS) is 10.4. The predicted octanol–water partition coefficient (Wildman–Crippen LogP) is 8.78. The first-order chi connectivity index (χ1) is 21.5. The number of imidazole rings is 1.